The normalized spacial score (nSPS) is 24.4. The number of methoxy groups -OCH3 is 2. The van der Waals surface area contributed by atoms with Crippen LogP contribution in [0.1, 0.15) is 0 Å². The van der Waals surface area contributed by atoms with Gasteiger partial charge in [0.2, 0.25) is 17.8 Å². The van der Waals surface area contributed by atoms with Crippen LogP contribution in [0.15, 0.2) is 30.6 Å². The summed E-state index contributed by atoms with van der Waals surface area (Å²) >= 11 is 0. The monoisotopic (exact) mass is 506 g/mol. The molecule has 0 radical (unpaired) electrons. The van der Waals surface area contributed by atoms with E-state index in [1.807, 2.05) is 0 Å². The summed E-state index contributed by atoms with van der Waals surface area (Å²) in [6.07, 6.45) is -9.90. The zero-order valence-corrected chi connectivity index (χ0v) is 18.5. The van der Waals surface area contributed by atoms with Gasteiger partial charge in [-0.1, -0.05) is 0 Å². The van der Waals surface area contributed by atoms with Crippen molar-refractivity contribution in [1.29, 1.82) is 0 Å². The van der Waals surface area contributed by atoms with Crippen LogP contribution in [0, 0.1) is 0 Å². The number of aromatic hydroxyl groups is 1. The molecule has 1 saturated heterocycles. The molecular weight excluding hydrogens is 488 g/mol. The van der Waals surface area contributed by atoms with Gasteiger partial charge >= 0.3 is 17.2 Å². The third kappa shape index (κ3) is 3.23. The summed E-state index contributed by atoms with van der Waals surface area (Å²) in [5, 5.41) is 49.9. The number of aliphatic hydroxyl groups is 3. The zero-order chi connectivity index (χ0) is 26.0. The van der Waals surface area contributed by atoms with Crippen molar-refractivity contribution in [1.82, 2.24) is 0 Å². The highest BCUT2D eigenvalue weighted by Gasteiger charge is 2.48. The molecule has 0 spiro atoms. The van der Waals surface area contributed by atoms with E-state index in [0.717, 1.165) is 6.07 Å². The van der Waals surface area contributed by atoms with Crippen molar-refractivity contribution in [2.75, 3.05) is 14.2 Å². The van der Waals surface area contributed by atoms with E-state index in [1.54, 1.807) is 0 Å². The fourth-order valence-corrected chi connectivity index (χ4v) is 4.28. The molecule has 190 valence electrons. The first-order valence-corrected chi connectivity index (χ1v) is 10.3. The van der Waals surface area contributed by atoms with E-state index >= 15 is 0 Å². The molecule has 4 aromatic rings. The summed E-state index contributed by atoms with van der Waals surface area (Å²) < 4.78 is 31.8. The second-order valence-electron chi connectivity index (χ2n) is 7.97. The van der Waals surface area contributed by atoms with Crippen LogP contribution >= 0.6 is 0 Å². The number of hydrogen-bond donors (Lipinski definition) is 5. The summed E-state index contributed by atoms with van der Waals surface area (Å²) in [5.74, 6) is -2.96. The van der Waals surface area contributed by atoms with Gasteiger partial charge < -0.3 is 53.3 Å². The Morgan fingerprint density at radius 3 is 2.00 bits per heavy atom. The van der Waals surface area contributed by atoms with Gasteiger partial charge in [0.05, 0.1) is 25.0 Å². The van der Waals surface area contributed by atoms with E-state index in [1.165, 1.54) is 20.3 Å². The lowest BCUT2D eigenvalue weighted by atomic mass is 9.99. The molecule has 2 aromatic heterocycles. The number of aliphatic carboxylic acids is 1. The maximum absolute atomic E-state index is 12.9. The number of ether oxygens (including phenoxy) is 4. The molecule has 36 heavy (non-hydrogen) atoms. The summed E-state index contributed by atoms with van der Waals surface area (Å²) in [6.45, 7) is 0. The Balaban J connectivity index is 1.79. The average Bonchev–Trinajstić information content (AvgIpc) is 2.84. The molecule has 1 aliphatic rings. The number of phenols is 1. The summed E-state index contributed by atoms with van der Waals surface area (Å²) in [7, 11) is 2.60. The van der Waals surface area contributed by atoms with Gasteiger partial charge in [-0.2, -0.15) is 0 Å². The molecule has 1 unspecified atom stereocenters. The first-order chi connectivity index (χ1) is 17.1. The smallest absolute Gasteiger partial charge is 0.344 e. The molecule has 0 saturated carbocycles. The van der Waals surface area contributed by atoms with E-state index < -0.39 is 65.0 Å². The lowest BCUT2D eigenvalue weighted by molar-refractivity contribution is -0.271. The van der Waals surface area contributed by atoms with Crippen LogP contribution in [-0.2, 0) is 9.53 Å². The summed E-state index contributed by atoms with van der Waals surface area (Å²) in [4.78, 5) is 37.1. The lowest BCUT2D eigenvalue weighted by Gasteiger charge is -2.38. The van der Waals surface area contributed by atoms with Crippen molar-refractivity contribution in [3.8, 4) is 23.0 Å². The van der Waals surface area contributed by atoms with Crippen molar-refractivity contribution < 1.29 is 58.1 Å². The number of phenolic OH excluding ortho intramolecular Hbond substituents is 1. The van der Waals surface area contributed by atoms with Crippen LogP contribution in [0.3, 0.4) is 0 Å². The summed E-state index contributed by atoms with van der Waals surface area (Å²) in [5.41, 5.74) is -2.51. The second kappa shape index (κ2) is 8.23. The minimum absolute atomic E-state index is 0.00103. The highest BCUT2D eigenvalue weighted by molar-refractivity contribution is 6.22. The molecule has 0 amide bonds. The molecule has 14 heteroatoms. The maximum Gasteiger partial charge on any atom is 0.344 e. The predicted octanol–water partition coefficient (Wildman–Crippen LogP) is -0.516. The molecule has 14 nitrogen and oxygen atoms in total. The molecular formula is C22H18O14. The van der Waals surface area contributed by atoms with Gasteiger partial charge in [-0.3, -0.25) is 0 Å². The second-order valence-corrected chi connectivity index (χ2v) is 7.97. The summed E-state index contributed by atoms with van der Waals surface area (Å²) in [6, 6.07) is 2.26. The standard InChI is InChI=1S/C22H18O14/c1-31-8-4-6-10-9-5(20(29)34-17(10)15(8)32-2)3-7(23)14(16(9)33-21(6)30)35-22-13(26)11(24)12(25)18(36-22)19(27)28/h3-4,11-13,18,22-26H,1-2H3,(H,27,28)/t11-,12-,13+,18-,22?/m0/s1. The predicted molar refractivity (Wildman–Crippen MR) is 117 cm³/mol. The first kappa shape index (κ1) is 23.6. The number of rotatable bonds is 5. The van der Waals surface area contributed by atoms with E-state index in [0.29, 0.717) is 0 Å². The molecule has 5 N–H and O–H groups in total. The zero-order valence-electron chi connectivity index (χ0n) is 18.5. The van der Waals surface area contributed by atoms with Crippen LogP contribution in [0.25, 0.3) is 32.7 Å². The molecule has 2 aromatic carbocycles. The molecule has 1 aliphatic heterocycles. The molecule has 5 atom stereocenters. The topological polar surface area (TPSA) is 216 Å². The van der Waals surface area contributed by atoms with Crippen LogP contribution in [0.4, 0.5) is 0 Å². The van der Waals surface area contributed by atoms with Crippen LogP contribution in [-0.4, -0.2) is 76.4 Å². The average molecular weight is 506 g/mol. The number of aliphatic hydroxyl groups excluding tert-OH is 3. The van der Waals surface area contributed by atoms with Gasteiger partial charge in [0.25, 0.3) is 0 Å². The van der Waals surface area contributed by atoms with Gasteiger partial charge in [0.15, 0.2) is 28.8 Å². The highest BCUT2D eigenvalue weighted by Crippen LogP contribution is 2.46. The third-order valence-electron chi connectivity index (χ3n) is 5.97. The van der Waals surface area contributed by atoms with Crippen molar-refractivity contribution in [2.24, 2.45) is 0 Å². The minimum Gasteiger partial charge on any atom is -0.504 e. The van der Waals surface area contributed by atoms with E-state index in [2.05, 4.69) is 0 Å². The Kier molecular flexibility index (Phi) is 5.40. The van der Waals surface area contributed by atoms with E-state index in [4.69, 9.17) is 27.8 Å². The number of carboxylic acid groups (broad SMARTS) is 1. The Morgan fingerprint density at radius 2 is 1.44 bits per heavy atom. The lowest BCUT2D eigenvalue weighted by Crippen LogP contribution is -2.61. The minimum atomic E-state index is -2.00. The third-order valence-corrected chi connectivity index (χ3v) is 5.97. The highest BCUT2D eigenvalue weighted by atomic mass is 16.7. The van der Waals surface area contributed by atoms with Crippen molar-refractivity contribution >= 4 is 38.7 Å². The largest absolute Gasteiger partial charge is 0.504 e. The Hall–Kier alpha value is -4.11. The Labute approximate surface area is 198 Å². The van der Waals surface area contributed by atoms with Gasteiger partial charge in [-0.25, -0.2) is 14.4 Å². The molecule has 1 fully saturated rings. The first-order valence-electron chi connectivity index (χ1n) is 10.3. The van der Waals surface area contributed by atoms with Crippen molar-refractivity contribution in [3.05, 3.63) is 33.0 Å². The number of hydrogen-bond acceptors (Lipinski definition) is 13. The maximum atomic E-state index is 12.9. The fourth-order valence-electron chi connectivity index (χ4n) is 4.28. The fraction of sp³-hybridized carbons (Fsp3) is 0.318. The van der Waals surface area contributed by atoms with Crippen LogP contribution in [0.2, 0.25) is 0 Å². The quantitative estimate of drug-likeness (QED) is 0.170. The number of carbonyl (C=O) groups is 1. The van der Waals surface area contributed by atoms with Crippen molar-refractivity contribution in [3.63, 3.8) is 0 Å². The van der Waals surface area contributed by atoms with E-state index in [-0.39, 0.29) is 38.6 Å². The SMILES string of the molecule is COc1cc2c(=O)oc3c(OC4O[C@H](C(=O)O)[C@@H](O)[C@H](O)[C@H]4O)c(O)cc4c(=O)oc(c1OC)c2c34. The van der Waals surface area contributed by atoms with E-state index in [9.17, 15) is 39.9 Å². The molecule has 3 heterocycles. The van der Waals surface area contributed by atoms with Gasteiger partial charge in [-0.15, -0.1) is 0 Å². The van der Waals surface area contributed by atoms with Gasteiger partial charge in [0.1, 0.15) is 18.3 Å². The molecule has 0 bridgehead atoms. The number of carboxylic acids is 1. The van der Waals surface area contributed by atoms with Gasteiger partial charge in [0, 0.05) is 10.8 Å². The van der Waals surface area contributed by atoms with Crippen LogP contribution in [0.5, 0.6) is 23.0 Å². The van der Waals surface area contributed by atoms with Gasteiger partial charge in [-0.05, 0) is 12.1 Å². The Morgan fingerprint density at radius 1 is 0.861 bits per heavy atom. The van der Waals surface area contributed by atoms with Crippen LogP contribution < -0.4 is 25.5 Å². The number of benzene rings is 2. The molecule has 5 rings (SSSR count). The Bertz CT molecular complexity index is 1620. The molecule has 0 aliphatic carbocycles. The van der Waals surface area contributed by atoms with Crippen molar-refractivity contribution in [2.45, 2.75) is 30.7 Å².